The van der Waals surface area contributed by atoms with Crippen molar-refractivity contribution in [1.82, 2.24) is 5.32 Å². The number of rotatable bonds is 7. The minimum atomic E-state index is -0.0639. The Labute approximate surface area is 181 Å². The third-order valence-corrected chi connectivity index (χ3v) is 4.87. The molecule has 144 valence electrons. The molecule has 0 unspecified atom stereocenters. The van der Waals surface area contributed by atoms with Gasteiger partial charge in [0.1, 0.15) is 0 Å². The van der Waals surface area contributed by atoms with E-state index in [0.717, 1.165) is 30.2 Å². The van der Waals surface area contributed by atoms with E-state index in [9.17, 15) is 4.79 Å². The number of benzene rings is 2. The van der Waals surface area contributed by atoms with Crippen molar-refractivity contribution in [3.8, 4) is 0 Å². The van der Waals surface area contributed by atoms with Crippen molar-refractivity contribution in [2.45, 2.75) is 13.0 Å². The fraction of sp³-hybridized carbons (Fsp3) is 0.150. The SMILES string of the molecule is Cl.Cl.O=C(Nc1ccc(CCNCc2cccc(Cl)c2)cc1)c1cccs1. The molecule has 1 amide bonds. The van der Waals surface area contributed by atoms with Crippen LogP contribution in [-0.2, 0) is 13.0 Å². The predicted octanol–water partition coefficient (Wildman–Crippen LogP) is 5.83. The number of carbonyl (C=O) groups excluding carboxylic acids is 1. The van der Waals surface area contributed by atoms with Crippen LogP contribution in [0.2, 0.25) is 5.02 Å². The molecule has 0 aliphatic heterocycles. The first-order valence-electron chi connectivity index (χ1n) is 8.10. The van der Waals surface area contributed by atoms with E-state index in [1.165, 1.54) is 22.5 Å². The quantitative estimate of drug-likeness (QED) is 0.451. The minimum absolute atomic E-state index is 0. The van der Waals surface area contributed by atoms with Crippen molar-refractivity contribution in [1.29, 1.82) is 0 Å². The fourth-order valence-electron chi connectivity index (χ4n) is 2.47. The van der Waals surface area contributed by atoms with E-state index >= 15 is 0 Å². The Hall–Kier alpha value is -1.56. The van der Waals surface area contributed by atoms with Crippen LogP contribution in [0.25, 0.3) is 0 Å². The third kappa shape index (κ3) is 7.53. The molecule has 0 atom stereocenters. The lowest BCUT2D eigenvalue weighted by molar-refractivity contribution is 0.103. The average Bonchev–Trinajstić information content (AvgIpc) is 3.15. The molecule has 2 N–H and O–H groups in total. The van der Waals surface area contributed by atoms with Crippen molar-refractivity contribution >= 4 is 59.3 Å². The Morgan fingerprint density at radius 2 is 1.74 bits per heavy atom. The van der Waals surface area contributed by atoms with Gasteiger partial charge in [-0.2, -0.15) is 0 Å². The van der Waals surface area contributed by atoms with E-state index in [1.54, 1.807) is 0 Å². The zero-order valence-electron chi connectivity index (χ0n) is 14.5. The molecule has 0 spiro atoms. The molecule has 0 saturated heterocycles. The summed E-state index contributed by atoms with van der Waals surface area (Å²) in [7, 11) is 0. The summed E-state index contributed by atoms with van der Waals surface area (Å²) in [6.45, 7) is 1.68. The second kappa shape index (κ2) is 12.0. The van der Waals surface area contributed by atoms with Crippen molar-refractivity contribution in [3.05, 3.63) is 87.1 Å². The van der Waals surface area contributed by atoms with Gasteiger partial charge in [-0.15, -0.1) is 36.2 Å². The van der Waals surface area contributed by atoms with E-state index < -0.39 is 0 Å². The summed E-state index contributed by atoms with van der Waals surface area (Å²) >= 11 is 7.42. The van der Waals surface area contributed by atoms with Crippen LogP contribution in [0.4, 0.5) is 5.69 Å². The van der Waals surface area contributed by atoms with Gasteiger partial charge in [0.25, 0.3) is 5.91 Å². The Bertz CT molecular complexity index is 824. The highest BCUT2D eigenvalue weighted by Crippen LogP contribution is 2.14. The summed E-state index contributed by atoms with van der Waals surface area (Å²) in [6, 6.07) is 19.5. The molecule has 0 aliphatic carbocycles. The van der Waals surface area contributed by atoms with Gasteiger partial charge in [-0.3, -0.25) is 4.79 Å². The van der Waals surface area contributed by atoms with Crippen molar-refractivity contribution < 1.29 is 4.79 Å². The summed E-state index contributed by atoms with van der Waals surface area (Å²) in [4.78, 5) is 12.7. The Morgan fingerprint density at radius 3 is 2.41 bits per heavy atom. The topological polar surface area (TPSA) is 41.1 Å². The molecule has 1 aromatic heterocycles. The van der Waals surface area contributed by atoms with Crippen LogP contribution in [0.5, 0.6) is 0 Å². The highest BCUT2D eigenvalue weighted by Gasteiger charge is 2.06. The van der Waals surface area contributed by atoms with E-state index in [-0.39, 0.29) is 30.7 Å². The third-order valence-electron chi connectivity index (χ3n) is 3.77. The van der Waals surface area contributed by atoms with Gasteiger partial charge in [0.2, 0.25) is 0 Å². The van der Waals surface area contributed by atoms with Crippen LogP contribution in [0.1, 0.15) is 20.8 Å². The number of amides is 1. The number of hydrogen-bond donors (Lipinski definition) is 2. The van der Waals surface area contributed by atoms with E-state index in [0.29, 0.717) is 4.88 Å². The van der Waals surface area contributed by atoms with Gasteiger partial charge in [0.15, 0.2) is 0 Å². The molecule has 0 aliphatic rings. The van der Waals surface area contributed by atoms with Crippen molar-refractivity contribution in [2.75, 3.05) is 11.9 Å². The fourth-order valence-corrected chi connectivity index (χ4v) is 3.30. The normalized spacial score (nSPS) is 9.81. The van der Waals surface area contributed by atoms with Crippen molar-refractivity contribution in [2.24, 2.45) is 0 Å². The molecule has 0 bridgehead atoms. The number of halogens is 3. The zero-order chi connectivity index (χ0) is 17.5. The van der Waals surface area contributed by atoms with E-state index in [1.807, 2.05) is 60.0 Å². The summed E-state index contributed by atoms with van der Waals surface area (Å²) in [6.07, 6.45) is 0.930. The lowest BCUT2D eigenvalue weighted by Crippen LogP contribution is -2.16. The second-order valence-electron chi connectivity index (χ2n) is 5.69. The molecule has 1 heterocycles. The molecule has 3 aromatic rings. The smallest absolute Gasteiger partial charge is 0.265 e. The van der Waals surface area contributed by atoms with E-state index in [4.69, 9.17) is 11.6 Å². The Balaban J connectivity index is 0.00000182. The molecule has 27 heavy (non-hydrogen) atoms. The first-order valence-corrected chi connectivity index (χ1v) is 9.35. The maximum atomic E-state index is 12.0. The van der Waals surface area contributed by atoms with Gasteiger partial charge in [0, 0.05) is 17.3 Å². The van der Waals surface area contributed by atoms with Gasteiger partial charge < -0.3 is 10.6 Å². The first kappa shape index (κ1) is 23.5. The number of hydrogen-bond acceptors (Lipinski definition) is 3. The molecule has 3 nitrogen and oxygen atoms in total. The van der Waals surface area contributed by atoms with Crippen LogP contribution in [0.3, 0.4) is 0 Å². The summed E-state index contributed by atoms with van der Waals surface area (Å²) in [5.74, 6) is -0.0639. The molecular weight excluding hydrogens is 423 g/mol. The van der Waals surface area contributed by atoms with Gasteiger partial charge in [-0.1, -0.05) is 41.9 Å². The molecule has 0 fully saturated rings. The predicted molar refractivity (Wildman–Crippen MR) is 120 cm³/mol. The largest absolute Gasteiger partial charge is 0.321 e. The van der Waals surface area contributed by atoms with Crippen molar-refractivity contribution in [3.63, 3.8) is 0 Å². The Morgan fingerprint density at radius 1 is 0.963 bits per heavy atom. The highest BCUT2D eigenvalue weighted by molar-refractivity contribution is 7.12. The number of anilines is 1. The van der Waals surface area contributed by atoms with Crippen LogP contribution in [-0.4, -0.2) is 12.5 Å². The van der Waals surface area contributed by atoms with Crippen LogP contribution < -0.4 is 10.6 Å². The summed E-state index contributed by atoms with van der Waals surface area (Å²) < 4.78 is 0. The molecule has 3 rings (SSSR count). The van der Waals surface area contributed by atoms with Gasteiger partial charge in [-0.25, -0.2) is 0 Å². The molecule has 0 radical (unpaired) electrons. The highest BCUT2D eigenvalue weighted by atomic mass is 35.5. The van der Waals surface area contributed by atoms with Crippen LogP contribution in [0, 0.1) is 0 Å². The first-order chi connectivity index (χ1) is 12.2. The van der Waals surface area contributed by atoms with Gasteiger partial charge >= 0.3 is 0 Å². The summed E-state index contributed by atoms with van der Waals surface area (Å²) in [5.41, 5.74) is 3.22. The second-order valence-corrected chi connectivity index (χ2v) is 7.07. The minimum Gasteiger partial charge on any atom is -0.321 e. The number of thiophene rings is 1. The zero-order valence-corrected chi connectivity index (χ0v) is 17.7. The van der Waals surface area contributed by atoms with Gasteiger partial charge in [-0.05, 0) is 59.8 Å². The van der Waals surface area contributed by atoms with Crippen LogP contribution >= 0.6 is 47.8 Å². The lowest BCUT2D eigenvalue weighted by atomic mass is 10.1. The molecular formula is C20H21Cl3N2OS. The molecule has 7 heteroatoms. The maximum absolute atomic E-state index is 12.0. The standard InChI is InChI=1S/C20H19ClN2OS.2ClH/c21-17-4-1-3-16(13-17)14-22-11-10-15-6-8-18(9-7-15)23-20(24)19-5-2-12-25-19;;/h1-9,12-13,22H,10-11,14H2,(H,23,24);2*1H. The number of carbonyl (C=O) groups is 1. The summed E-state index contributed by atoms with van der Waals surface area (Å²) in [5, 5.41) is 8.99. The molecule has 0 saturated carbocycles. The molecule has 2 aromatic carbocycles. The average molecular weight is 444 g/mol. The maximum Gasteiger partial charge on any atom is 0.265 e. The lowest BCUT2D eigenvalue weighted by Gasteiger charge is -2.07. The van der Waals surface area contributed by atoms with Gasteiger partial charge in [0.05, 0.1) is 4.88 Å². The Kier molecular flexibility index (Phi) is 10.4. The van der Waals surface area contributed by atoms with Crippen LogP contribution in [0.15, 0.2) is 66.0 Å². The number of nitrogens with one attached hydrogen (secondary N) is 2. The van der Waals surface area contributed by atoms with E-state index in [2.05, 4.69) is 16.7 Å². The monoisotopic (exact) mass is 442 g/mol.